The second kappa shape index (κ2) is 4.96. The van der Waals surface area contributed by atoms with Crippen LogP contribution in [0, 0.1) is 0 Å². The molecule has 1 N–H and O–H groups in total. The molecule has 0 amide bonds. The average molecular weight is 274 g/mol. The average Bonchev–Trinajstić information content (AvgIpc) is 2.28. The van der Waals surface area contributed by atoms with E-state index in [4.69, 9.17) is 11.6 Å². The summed E-state index contributed by atoms with van der Waals surface area (Å²) in [6.45, 7) is 0.931. The van der Waals surface area contributed by atoms with E-state index in [9.17, 15) is 8.42 Å². The van der Waals surface area contributed by atoms with E-state index in [0.717, 1.165) is 31.4 Å². The molecule has 1 saturated heterocycles. The largest absolute Gasteiger partial charge is 0.310 e. The second-order valence-electron chi connectivity index (χ2n) is 4.46. The van der Waals surface area contributed by atoms with Crippen LogP contribution in [0.2, 0.25) is 5.02 Å². The maximum absolute atomic E-state index is 11.7. The van der Waals surface area contributed by atoms with Crippen LogP contribution in [-0.2, 0) is 9.84 Å². The van der Waals surface area contributed by atoms with Crippen LogP contribution in [0.1, 0.15) is 30.9 Å². The van der Waals surface area contributed by atoms with E-state index in [0.29, 0.717) is 9.92 Å². The van der Waals surface area contributed by atoms with Crippen molar-refractivity contribution in [3.63, 3.8) is 0 Å². The van der Waals surface area contributed by atoms with Crippen molar-refractivity contribution in [2.75, 3.05) is 12.8 Å². The van der Waals surface area contributed by atoms with Gasteiger partial charge in [0.25, 0.3) is 0 Å². The molecule has 1 fully saturated rings. The van der Waals surface area contributed by atoms with Gasteiger partial charge in [-0.15, -0.1) is 0 Å². The van der Waals surface area contributed by atoms with E-state index >= 15 is 0 Å². The van der Waals surface area contributed by atoms with Crippen LogP contribution in [0.15, 0.2) is 23.1 Å². The molecular formula is C12H16ClNO2S. The number of nitrogens with one attached hydrogen (secondary N) is 1. The molecule has 0 bridgehead atoms. The fraction of sp³-hybridized carbons (Fsp3) is 0.500. The Morgan fingerprint density at radius 2 is 2.12 bits per heavy atom. The highest BCUT2D eigenvalue weighted by Gasteiger charge is 2.22. The molecule has 1 atom stereocenters. The van der Waals surface area contributed by atoms with Gasteiger partial charge >= 0.3 is 0 Å². The van der Waals surface area contributed by atoms with E-state index in [1.54, 1.807) is 18.2 Å². The maximum Gasteiger partial charge on any atom is 0.175 e. The zero-order valence-corrected chi connectivity index (χ0v) is 11.3. The molecule has 0 aromatic heterocycles. The first-order valence-electron chi connectivity index (χ1n) is 5.71. The van der Waals surface area contributed by atoms with E-state index in [1.807, 2.05) is 0 Å². The first kappa shape index (κ1) is 12.9. The zero-order valence-electron chi connectivity index (χ0n) is 9.74. The van der Waals surface area contributed by atoms with E-state index in [1.165, 1.54) is 6.26 Å². The molecule has 0 spiro atoms. The Morgan fingerprint density at radius 3 is 2.71 bits per heavy atom. The monoisotopic (exact) mass is 273 g/mol. The first-order valence-corrected chi connectivity index (χ1v) is 7.98. The number of hydrogen-bond acceptors (Lipinski definition) is 3. The Kier molecular flexibility index (Phi) is 3.76. The van der Waals surface area contributed by atoms with Crippen LogP contribution in [0.4, 0.5) is 0 Å². The van der Waals surface area contributed by atoms with Gasteiger partial charge in [-0.25, -0.2) is 8.42 Å². The lowest BCUT2D eigenvalue weighted by atomic mass is 9.97. The minimum absolute atomic E-state index is 0.104. The zero-order chi connectivity index (χ0) is 12.5. The molecule has 1 aliphatic rings. The van der Waals surface area contributed by atoms with E-state index < -0.39 is 9.84 Å². The lowest BCUT2D eigenvalue weighted by Crippen LogP contribution is -2.28. The van der Waals surface area contributed by atoms with Crippen molar-refractivity contribution >= 4 is 21.4 Å². The van der Waals surface area contributed by atoms with Crippen LogP contribution in [0.5, 0.6) is 0 Å². The molecule has 0 aliphatic carbocycles. The van der Waals surface area contributed by atoms with Gasteiger partial charge in [-0.3, -0.25) is 0 Å². The van der Waals surface area contributed by atoms with Gasteiger partial charge in [-0.2, -0.15) is 0 Å². The summed E-state index contributed by atoms with van der Waals surface area (Å²) >= 11 is 5.96. The van der Waals surface area contributed by atoms with Crippen molar-refractivity contribution in [3.05, 3.63) is 28.8 Å². The molecule has 0 saturated carbocycles. The number of sulfone groups is 1. The molecule has 1 heterocycles. The first-order chi connectivity index (χ1) is 7.98. The molecule has 0 radical (unpaired) electrons. The molecule has 2 rings (SSSR count). The molecule has 17 heavy (non-hydrogen) atoms. The fourth-order valence-electron chi connectivity index (χ4n) is 2.25. The number of hydrogen-bond donors (Lipinski definition) is 1. The molecule has 1 aliphatic heterocycles. The van der Waals surface area contributed by atoms with E-state index in [-0.39, 0.29) is 6.04 Å². The third-order valence-electron chi connectivity index (χ3n) is 3.06. The van der Waals surface area contributed by atoms with Crippen LogP contribution < -0.4 is 5.32 Å². The lowest BCUT2D eigenvalue weighted by Gasteiger charge is -2.25. The van der Waals surface area contributed by atoms with Gasteiger partial charge in [0.2, 0.25) is 0 Å². The molecular weight excluding hydrogens is 258 g/mol. The normalized spacial score (nSPS) is 21.4. The van der Waals surface area contributed by atoms with Crippen molar-refractivity contribution in [1.29, 1.82) is 0 Å². The smallest absolute Gasteiger partial charge is 0.175 e. The third-order valence-corrected chi connectivity index (χ3v) is 4.46. The van der Waals surface area contributed by atoms with Crippen LogP contribution in [0.3, 0.4) is 0 Å². The number of rotatable bonds is 2. The summed E-state index contributed by atoms with van der Waals surface area (Å²) < 4.78 is 23.5. The minimum Gasteiger partial charge on any atom is -0.310 e. The molecule has 1 unspecified atom stereocenters. The Bertz CT molecular complexity index is 507. The SMILES string of the molecule is CS(=O)(=O)c1ccc(Cl)cc1C1CCCCN1. The van der Waals surface area contributed by atoms with Crippen molar-refractivity contribution < 1.29 is 8.42 Å². The summed E-state index contributed by atoms with van der Waals surface area (Å²) in [5.74, 6) is 0. The van der Waals surface area contributed by atoms with Crippen molar-refractivity contribution in [3.8, 4) is 0 Å². The fourth-order valence-corrected chi connectivity index (χ4v) is 3.37. The van der Waals surface area contributed by atoms with Gasteiger partial charge in [0.05, 0.1) is 4.90 Å². The summed E-state index contributed by atoms with van der Waals surface area (Å²) in [7, 11) is -3.20. The molecule has 1 aromatic carbocycles. The highest BCUT2D eigenvalue weighted by Crippen LogP contribution is 2.30. The standard InChI is InChI=1S/C12H16ClNO2S/c1-17(15,16)12-6-5-9(13)8-10(12)11-4-2-3-7-14-11/h5-6,8,11,14H,2-4,7H2,1H3. The van der Waals surface area contributed by atoms with Crippen LogP contribution in [-0.4, -0.2) is 21.2 Å². The summed E-state index contributed by atoms with van der Waals surface area (Å²) in [6.07, 6.45) is 4.46. The summed E-state index contributed by atoms with van der Waals surface area (Å²) in [5, 5.41) is 3.94. The maximum atomic E-state index is 11.7. The minimum atomic E-state index is -3.20. The molecule has 5 heteroatoms. The van der Waals surface area contributed by atoms with Crippen LogP contribution in [0.25, 0.3) is 0 Å². The van der Waals surface area contributed by atoms with Gasteiger partial charge in [-0.05, 0) is 43.1 Å². The summed E-state index contributed by atoms with van der Waals surface area (Å²) in [6, 6.07) is 5.10. The Hall–Kier alpha value is -0.580. The Morgan fingerprint density at radius 1 is 1.35 bits per heavy atom. The highest BCUT2D eigenvalue weighted by molar-refractivity contribution is 7.90. The van der Waals surface area contributed by atoms with Gasteiger partial charge in [-0.1, -0.05) is 18.0 Å². The molecule has 1 aromatic rings. The van der Waals surface area contributed by atoms with E-state index in [2.05, 4.69) is 5.32 Å². The highest BCUT2D eigenvalue weighted by atomic mass is 35.5. The Labute approximate surface area is 107 Å². The number of halogens is 1. The molecule has 94 valence electrons. The molecule has 3 nitrogen and oxygen atoms in total. The second-order valence-corrected chi connectivity index (χ2v) is 6.88. The summed E-state index contributed by atoms with van der Waals surface area (Å²) in [5.41, 5.74) is 0.805. The van der Waals surface area contributed by atoms with Gasteiger partial charge < -0.3 is 5.32 Å². The van der Waals surface area contributed by atoms with Crippen molar-refractivity contribution in [2.45, 2.75) is 30.2 Å². The van der Waals surface area contributed by atoms with Crippen molar-refractivity contribution in [1.82, 2.24) is 5.32 Å². The predicted molar refractivity (Wildman–Crippen MR) is 69.2 cm³/mol. The van der Waals surface area contributed by atoms with Gasteiger partial charge in [0.1, 0.15) is 0 Å². The van der Waals surface area contributed by atoms with Crippen LogP contribution >= 0.6 is 11.6 Å². The van der Waals surface area contributed by atoms with Gasteiger partial charge in [0.15, 0.2) is 9.84 Å². The summed E-state index contributed by atoms with van der Waals surface area (Å²) in [4.78, 5) is 0.390. The number of piperidine rings is 1. The lowest BCUT2D eigenvalue weighted by molar-refractivity contribution is 0.407. The number of benzene rings is 1. The third kappa shape index (κ3) is 3.00. The van der Waals surface area contributed by atoms with Crippen molar-refractivity contribution in [2.24, 2.45) is 0 Å². The predicted octanol–water partition coefficient (Wildman–Crippen LogP) is 2.56. The van der Waals surface area contributed by atoms with Gasteiger partial charge in [0, 0.05) is 17.3 Å². The topological polar surface area (TPSA) is 46.2 Å². The quantitative estimate of drug-likeness (QED) is 0.901. The Balaban J connectivity index is 2.46.